The van der Waals surface area contributed by atoms with Gasteiger partial charge >= 0.3 is 0 Å². The molecule has 0 saturated carbocycles. The molecule has 0 bridgehead atoms. The second kappa shape index (κ2) is 7.16. The minimum atomic E-state index is -0.335. The first-order chi connectivity index (χ1) is 10.5. The van der Waals surface area contributed by atoms with Crippen LogP contribution in [0.5, 0.6) is 5.75 Å². The Morgan fingerprint density at radius 2 is 2.00 bits per heavy atom. The fourth-order valence-corrected chi connectivity index (χ4v) is 2.39. The quantitative estimate of drug-likeness (QED) is 0.440. The minimum Gasteiger partial charge on any atom is -0.497 e. The Morgan fingerprint density at radius 3 is 2.50 bits per heavy atom. The van der Waals surface area contributed by atoms with Crippen LogP contribution in [0.25, 0.3) is 0 Å². The largest absolute Gasteiger partial charge is 0.497 e. The number of aryl methyl sites for hydroxylation is 2. The zero-order valence-corrected chi connectivity index (χ0v) is 13.4. The predicted octanol–water partition coefficient (Wildman–Crippen LogP) is 0.392. The summed E-state index contributed by atoms with van der Waals surface area (Å²) in [6.45, 7) is 0. The van der Waals surface area contributed by atoms with E-state index < -0.39 is 0 Å². The van der Waals surface area contributed by atoms with E-state index in [1.54, 1.807) is 7.11 Å². The van der Waals surface area contributed by atoms with E-state index in [2.05, 4.69) is 0 Å². The normalized spacial score (nSPS) is 12.0. The molecule has 1 heterocycles. The molecular formula is C16H21BN2O3. The Morgan fingerprint density at radius 1 is 1.32 bits per heavy atom. The Labute approximate surface area is 131 Å². The van der Waals surface area contributed by atoms with Gasteiger partial charge in [-0.15, -0.1) is 5.82 Å². The molecule has 22 heavy (non-hydrogen) atoms. The maximum atomic E-state index is 12.1. The maximum absolute atomic E-state index is 12.1. The lowest BCUT2D eigenvalue weighted by atomic mass is 9.61. The highest BCUT2D eigenvalue weighted by molar-refractivity contribution is 6.56. The van der Waals surface area contributed by atoms with Crippen LogP contribution in [0.2, 0.25) is 5.82 Å². The van der Waals surface area contributed by atoms with Gasteiger partial charge in [-0.3, -0.25) is 13.9 Å². The molecule has 2 aromatic rings. The number of benzene rings is 1. The zero-order valence-electron chi connectivity index (χ0n) is 13.4. The Balaban J connectivity index is 2.17. The van der Waals surface area contributed by atoms with Crippen LogP contribution in [0.15, 0.2) is 36.7 Å². The third kappa shape index (κ3) is 3.69. The van der Waals surface area contributed by atoms with Gasteiger partial charge in [-0.25, -0.2) is 0 Å². The molecule has 2 rings (SSSR count). The molecule has 0 aliphatic carbocycles. The number of hydrogen-bond acceptors (Lipinski definition) is 3. The molecule has 0 N–H and O–H groups in total. The van der Waals surface area contributed by atoms with Crippen LogP contribution in [0, 0.1) is 0 Å². The summed E-state index contributed by atoms with van der Waals surface area (Å²) in [5.74, 6) is 0.228. The van der Waals surface area contributed by atoms with E-state index in [1.807, 2.05) is 67.2 Å². The predicted molar refractivity (Wildman–Crippen MR) is 84.4 cm³/mol. The van der Waals surface area contributed by atoms with E-state index in [4.69, 9.17) is 9.47 Å². The summed E-state index contributed by atoms with van der Waals surface area (Å²) in [5.41, 5.74) is 2.02. The third-order valence-corrected chi connectivity index (χ3v) is 3.71. The number of nitrogens with zero attached hydrogens (tertiary/aromatic N) is 2. The molecule has 1 aromatic carbocycles. The average molecular weight is 300 g/mol. The van der Waals surface area contributed by atoms with Crippen molar-refractivity contribution >= 4 is 19.0 Å². The number of rotatable bonds is 6. The first kappa shape index (κ1) is 16.1. The van der Waals surface area contributed by atoms with Gasteiger partial charge in [-0.05, 0) is 12.1 Å². The molecule has 1 unspecified atom stereocenters. The summed E-state index contributed by atoms with van der Waals surface area (Å²) < 4.78 is 14.1. The number of aromatic nitrogens is 2. The van der Waals surface area contributed by atoms with E-state index in [0.717, 1.165) is 17.0 Å². The Hall–Kier alpha value is -2.24. The molecule has 1 atom stereocenters. The average Bonchev–Trinajstić information content (AvgIpc) is 2.86. The molecule has 5 nitrogen and oxygen atoms in total. The van der Waals surface area contributed by atoms with E-state index in [1.165, 1.54) is 7.11 Å². The van der Waals surface area contributed by atoms with Gasteiger partial charge in [0.05, 0.1) is 28.3 Å². The number of carbonyl (C=O) groups excluding carboxylic acids is 1. The lowest BCUT2D eigenvalue weighted by Crippen LogP contribution is -2.51. The molecule has 0 fully saturated rings. The molecular weight excluding hydrogens is 279 g/mol. The second-order valence-corrected chi connectivity index (χ2v) is 5.23. The smallest absolute Gasteiger partial charge is 0.268 e. The van der Waals surface area contributed by atoms with Gasteiger partial charge in [-0.2, -0.15) is 7.28 Å². The maximum Gasteiger partial charge on any atom is 0.268 e. The van der Waals surface area contributed by atoms with Gasteiger partial charge in [0, 0.05) is 5.72 Å². The van der Waals surface area contributed by atoms with Crippen molar-refractivity contribution in [2.75, 3.05) is 14.2 Å². The van der Waals surface area contributed by atoms with Gasteiger partial charge in [0.1, 0.15) is 18.1 Å². The van der Waals surface area contributed by atoms with Crippen LogP contribution >= 0.6 is 0 Å². The fraction of sp³-hybridized carbons (Fsp3) is 0.375. The summed E-state index contributed by atoms with van der Waals surface area (Å²) in [7, 11) is 8.90. The van der Waals surface area contributed by atoms with Crippen molar-refractivity contribution in [3.8, 4) is 5.75 Å². The van der Waals surface area contributed by atoms with Crippen molar-refractivity contribution < 1.29 is 18.8 Å². The Kier molecular flexibility index (Phi) is 5.25. The van der Waals surface area contributed by atoms with E-state index in [0.29, 0.717) is 6.42 Å². The summed E-state index contributed by atoms with van der Waals surface area (Å²) in [6.07, 6.45) is 4.49. The molecule has 0 amide bonds. The third-order valence-electron chi connectivity index (χ3n) is 3.71. The molecule has 2 radical (unpaired) electrons. The van der Waals surface area contributed by atoms with Crippen molar-refractivity contribution in [3.05, 3.63) is 42.2 Å². The first-order valence-electron chi connectivity index (χ1n) is 7.11. The van der Waals surface area contributed by atoms with Crippen molar-refractivity contribution in [2.45, 2.75) is 12.2 Å². The van der Waals surface area contributed by atoms with Crippen LogP contribution in [0.4, 0.5) is 0 Å². The standard InChI is InChI=1S/C16H21BN2O3/c1-18-9-10-19(2)16(18)17-14(15(20)22-4)11-12-5-7-13(21-3)8-6-12/h5-10,14H,11H2,1-4H3. The SMILES string of the molecule is COC(=O)C([B-]c1n(C)cc[n+]1C)Cc1ccc(OC)cc1. The number of hydrogen-bond donors (Lipinski definition) is 0. The summed E-state index contributed by atoms with van der Waals surface area (Å²) in [5, 5.41) is 0. The van der Waals surface area contributed by atoms with Crippen LogP contribution in [-0.4, -0.2) is 32.0 Å². The van der Waals surface area contributed by atoms with E-state index >= 15 is 0 Å². The molecule has 1 aromatic heterocycles. The van der Waals surface area contributed by atoms with Crippen molar-refractivity contribution in [2.24, 2.45) is 14.1 Å². The fourth-order valence-electron chi connectivity index (χ4n) is 2.39. The van der Waals surface area contributed by atoms with Gasteiger partial charge in [0.15, 0.2) is 0 Å². The molecule has 0 aliphatic rings. The summed E-state index contributed by atoms with van der Waals surface area (Å²) in [6, 6.07) is 7.72. The molecule has 116 valence electrons. The highest BCUT2D eigenvalue weighted by atomic mass is 16.5. The highest BCUT2D eigenvalue weighted by Crippen LogP contribution is 2.18. The number of methoxy groups -OCH3 is 2. The number of carbonyl (C=O) groups is 1. The summed E-state index contributed by atoms with van der Waals surface area (Å²) in [4.78, 5) is 12.1. The van der Waals surface area contributed by atoms with Crippen LogP contribution in [-0.2, 0) is 30.0 Å². The number of ether oxygens (including phenoxy) is 2. The molecule has 6 heteroatoms. The summed E-state index contributed by atoms with van der Waals surface area (Å²) >= 11 is 0. The first-order valence-corrected chi connectivity index (χ1v) is 7.11. The van der Waals surface area contributed by atoms with Crippen LogP contribution in [0.1, 0.15) is 5.56 Å². The zero-order chi connectivity index (χ0) is 16.1. The van der Waals surface area contributed by atoms with Gasteiger partial charge in [-0.1, -0.05) is 24.1 Å². The van der Waals surface area contributed by atoms with E-state index in [9.17, 15) is 4.79 Å². The number of imidazole rings is 1. The van der Waals surface area contributed by atoms with Crippen molar-refractivity contribution in [3.63, 3.8) is 0 Å². The minimum absolute atomic E-state index is 0.239. The van der Waals surface area contributed by atoms with Gasteiger partial charge in [0.25, 0.3) is 5.97 Å². The Bertz CT molecular complexity index is 618. The van der Waals surface area contributed by atoms with Gasteiger partial charge in [0.2, 0.25) is 0 Å². The molecule has 0 spiro atoms. The monoisotopic (exact) mass is 300 g/mol. The second-order valence-electron chi connectivity index (χ2n) is 5.23. The number of esters is 1. The van der Waals surface area contributed by atoms with Crippen molar-refractivity contribution in [1.29, 1.82) is 0 Å². The van der Waals surface area contributed by atoms with E-state index in [-0.39, 0.29) is 11.8 Å². The lowest BCUT2D eigenvalue weighted by molar-refractivity contribution is -0.653. The highest BCUT2D eigenvalue weighted by Gasteiger charge is 2.14. The van der Waals surface area contributed by atoms with Crippen LogP contribution in [0.3, 0.4) is 0 Å². The van der Waals surface area contributed by atoms with Gasteiger partial charge < -0.3 is 9.47 Å². The van der Waals surface area contributed by atoms with Crippen molar-refractivity contribution in [1.82, 2.24) is 4.57 Å². The lowest BCUT2D eigenvalue weighted by Gasteiger charge is -2.24. The molecule has 0 saturated heterocycles. The topological polar surface area (TPSA) is 44.3 Å². The van der Waals surface area contributed by atoms with Crippen LogP contribution < -0.4 is 15.0 Å². The molecule has 0 aliphatic heterocycles.